The fourth-order valence-corrected chi connectivity index (χ4v) is 4.71. The van der Waals surface area contributed by atoms with Crippen LogP contribution in [0.5, 0.6) is 0 Å². The molecule has 5 heterocycles. The number of aromatic amines is 2. The topological polar surface area (TPSA) is 89.6 Å². The highest BCUT2D eigenvalue weighted by Gasteiger charge is 2.36. The van der Waals surface area contributed by atoms with Crippen LogP contribution in [0, 0.1) is 0 Å². The molecule has 3 aromatic rings. The second-order valence-corrected chi connectivity index (χ2v) is 8.50. The van der Waals surface area contributed by atoms with Gasteiger partial charge in [0.1, 0.15) is 5.82 Å². The highest BCUT2D eigenvalue weighted by atomic mass is 19.4. The van der Waals surface area contributed by atoms with Crippen LogP contribution in [-0.4, -0.2) is 56.5 Å². The number of anilines is 2. The number of alkyl halides is 3. The molecule has 5 rings (SSSR count). The van der Waals surface area contributed by atoms with Gasteiger partial charge in [-0.15, -0.1) is 0 Å². The summed E-state index contributed by atoms with van der Waals surface area (Å²) in [6.45, 7) is 2.43. The predicted molar refractivity (Wildman–Crippen MR) is 113 cm³/mol. The SMILES string of the molecule is FC(F)(F)c1cc(N2CCCC(c3ccn[nH]3)C2)nc(N2CCCC(c3ccn[nH]3)C2)n1. The van der Waals surface area contributed by atoms with Gasteiger partial charge in [0.05, 0.1) is 0 Å². The normalized spacial score (nSPS) is 22.3. The van der Waals surface area contributed by atoms with E-state index in [1.54, 1.807) is 12.4 Å². The van der Waals surface area contributed by atoms with E-state index in [9.17, 15) is 13.2 Å². The lowest BCUT2D eigenvalue weighted by atomic mass is 9.95. The molecule has 2 aliphatic rings. The molecular formula is C21H25F3N8. The van der Waals surface area contributed by atoms with Gasteiger partial charge in [0.2, 0.25) is 5.95 Å². The van der Waals surface area contributed by atoms with Gasteiger partial charge in [0.25, 0.3) is 0 Å². The summed E-state index contributed by atoms with van der Waals surface area (Å²) in [5, 5.41) is 14.0. The number of nitrogens with zero attached hydrogens (tertiary/aromatic N) is 6. The second-order valence-electron chi connectivity index (χ2n) is 8.50. The van der Waals surface area contributed by atoms with Crippen molar-refractivity contribution in [1.29, 1.82) is 0 Å². The summed E-state index contributed by atoms with van der Waals surface area (Å²) in [6, 6.07) is 4.91. The Morgan fingerprint density at radius 3 is 2.00 bits per heavy atom. The van der Waals surface area contributed by atoms with Crippen molar-refractivity contribution in [3.05, 3.63) is 47.7 Å². The van der Waals surface area contributed by atoms with Crippen LogP contribution in [0.4, 0.5) is 24.9 Å². The monoisotopic (exact) mass is 446 g/mol. The quantitative estimate of drug-likeness (QED) is 0.635. The first-order valence-corrected chi connectivity index (χ1v) is 10.9. The minimum absolute atomic E-state index is 0.141. The first-order valence-electron chi connectivity index (χ1n) is 10.9. The predicted octanol–water partition coefficient (Wildman–Crippen LogP) is 3.71. The maximum Gasteiger partial charge on any atom is 0.433 e. The number of hydrogen-bond acceptors (Lipinski definition) is 6. The molecule has 0 aromatic carbocycles. The third kappa shape index (κ3) is 4.28. The van der Waals surface area contributed by atoms with Gasteiger partial charge in [-0.3, -0.25) is 10.2 Å². The average molecular weight is 446 g/mol. The molecule has 0 spiro atoms. The van der Waals surface area contributed by atoms with Crippen LogP contribution in [0.25, 0.3) is 0 Å². The lowest BCUT2D eigenvalue weighted by Crippen LogP contribution is -2.38. The van der Waals surface area contributed by atoms with Gasteiger partial charge < -0.3 is 9.80 Å². The molecule has 2 N–H and O–H groups in total. The van der Waals surface area contributed by atoms with Crippen molar-refractivity contribution >= 4 is 11.8 Å². The second kappa shape index (κ2) is 8.44. The molecule has 0 bridgehead atoms. The zero-order valence-electron chi connectivity index (χ0n) is 17.5. The molecule has 11 heteroatoms. The van der Waals surface area contributed by atoms with Crippen LogP contribution in [0.2, 0.25) is 0 Å². The third-order valence-electron chi connectivity index (χ3n) is 6.37. The molecule has 0 aliphatic carbocycles. The molecule has 32 heavy (non-hydrogen) atoms. The molecule has 2 aliphatic heterocycles. The van der Waals surface area contributed by atoms with Crippen molar-refractivity contribution in [3.63, 3.8) is 0 Å². The van der Waals surface area contributed by atoms with Crippen LogP contribution < -0.4 is 9.80 Å². The number of aromatic nitrogens is 6. The third-order valence-corrected chi connectivity index (χ3v) is 6.37. The Balaban J connectivity index is 1.44. The van der Waals surface area contributed by atoms with E-state index in [0.717, 1.165) is 43.1 Å². The Hall–Kier alpha value is -3.11. The van der Waals surface area contributed by atoms with Crippen molar-refractivity contribution in [1.82, 2.24) is 30.4 Å². The number of H-pyrrole nitrogens is 2. The van der Waals surface area contributed by atoms with Crippen molar-refractivity contribution in [2.45, 2.75) is 43.7 Å². The van der Waals surface area contributed by atoms with Crippen molar-refractivity contribution in [3.8, 4) is 0 Å². The molecule has 0 radical (unpaired) electrons. The Kier molecular flexibility index (Phi) is 5.48. The van der Waals surface area contributed by atoms with Crippen LogP contribution >= 0.6 is 0 Å². The molecule has 2 unspecified atom stereocenters. The van der Waals surface area contributed by atoms with E-state index < -0.39 is 11.9 Å². The van der Waals surface area contributed by atoms with Crippen LogP contribution in [0.1, 0.15) is 54.6 Å². The summed E-state index contributed by atoms with van der Waals surface area (Å²) < 4.78 is 41.2. The van der Waals surface area contributed by atoms with E-state index in [4.69, 9.17) is 0 Å². The lowest BCUT2D eigenvalue weighted by molar-refractivity contribution is -0.141. The van der Waals surface area contributed by atoms with Crippen molar-refractivity contribution in [2.24, 2.45) is 0 Å². The summed E-state index contributed by atoms with van der Waals surface area (Å²) >= 11 is 0. The van der Waals surface area contributed by atoms with E-state index in [0.29, 0.717) is 32.0 Å². The maximum absolute atomic E-state index is 13.7. The van der Waals surface area contributed by atoms with Crippen LogP contribution in [0.3, 0.4) is 0 Å². The Labute approximate surface area is 183 Å². The number of rotatable bonds is 4. The van der Waals surface area contributed by atoms with Crippen molar-refractivity contribution in [2.75, 3.05) is 36.0 Å². The van der Waals surface area contributed by atoms with Crippen LogP contribution in [-0.2, 0) is 6.18 Å². The molecule has 2 fully saturated rings. The summed E-state index contributed by atoms with van der Waals surface area (Å²) in [5.41, 5.74) is 1.09. The lowest BCUT2D eigenvalue weighted by Gasteiger charge is -2.35. The van der Waals surface area contributed by atoms with Gasteiger partial charge in [-0.25, -0.2) is 4.98 Å². The average Bonchev–Trinajstić information content (AvgIpc) is 3.53. The van der Waals surface area contributed by atoms with E-state index in [1.807, 2.05) is 21.9 Å². The first kappa shape index (κ1) is 20.8. The summed E-state index contributed by atoms with van der Waals surface area (Å²) in [7, 11) is 0. The smallest absolute Gasteiger partial charge is 0.356 e. The molecule has 0 saturated carbocycles. The van der Waals surface area contributed by atoms with Gasteiger partial charge in [0, 0.05) is 67.9 Å². The number of nitrogens with one attached hydrogen (secondary N) is 2. The molecule has 8 nitrogen and oxygen atoms in total. The molecule has 170 valence electrons. The number of hydrogen-bond donors (Lipinski definition) is 2. The Bertz CT molecular complexity index is 946. The standard InChI is InChI=1S/C21H25F3N8/c22-21(23,24)18-11-19(31-9-1-3-14(12-31)16-5-7-25-29-16)28-20(27-18)32-10-2-4-15(13-32)17-6-8-26-30-17/h5-8,11,14-15H,1-4,9-10,12-13H2,(H,25,29)(H,26,30). The Morgan fingerprint density at radius 1 is 0.844 bits per heavy atom. The Morgan fingerprint density at radius 2 is 1.44 bits per heavy atom. The van der Waals surface area contributed by atoms with E-state index in [1.165, 1.54) is 0 Å². The number of piperidine rings is 2. The maximum atomic E-state index is 13.7. The van der Waals surface area contributed by atoms with Crippen LogP contribution in [0.15, 0.2) is 30.6 Å². The fourth-order valence-electron chi connectivity index (χ4n) is 4.71. The van der Waals surface area contributed by atoms with Gasteiger partial charge in [-0.2, -0.15) is 28.4 Å². The van der Waals surface area contributed by atoms with E-state index in [2.05, 4.69) is 30.4 Å². The molecular weight excluding hydrogens is 421 g/mol. The van der Waals surface area contributed by atoms with Crippen molar-refractivity contribution < 1.29 is 13.2 Å². The largest absolute Gasteiger partial charge is 0.433 e. The minimum Gasteiger partial charge on any atom is -0.356 e. The molecule has 2 atom stereocenters. The first-order chi connectivity index (χ1) is 15.5. The zero-order valence-corrected chi connectivity index (χ0v) is 17.5. The molecule has 2 saturated heterocycles. The summed E-state index contributed by atoms with van der Waals surface area (Å²) in [5.74, 6) is 0.809. The molecule has 0 amide bonds. The summed E-state index contributed by atoms with van der Waals surface area (Å²) in [6.07, 6.45) is 2.48. The highest BCUT2D eigenvalue weighted by molar-refractivity contribution is 5.48. The fraction of sp³-hybridized carbons (Fsp3) is 0.524. The van der Waals surface area contributed by atoms with E-state index >= 15 is 0 Å². The molecule has 3 aromatic heterocycles. The van der Waals surface area contributed by atoms with Gasteiger partial charge in [-0.1, -0.05) is 0 Å². The van der Waals surface area contributed by atoms with Gasteiger partial charge in [-0.05, 0) is 37.8 Å². The zero-order chi connectivity index (χ0) is 22.1. The minimum atomic E-state index is -4.54. The van der Waals surface area contributed by atoms with Gasteiger partial charge in [0.15, 0.2) is 5.69 Å². The summed E-state index contributed by atoms with van der Waals surface area (Å²) in [4.78, 5) is 12.3. The van der Waals surface area contributed by atoms with E-state index in [-0.39, 0.29) is 17.8 Å². The number of halogens is 3. The van der Waals surface area contributed by atoms with Gasteiger partial charge >= 0.3 is 6.18 Å². The highest BCUT2D eigenvalue weighted by Crippen LogP contribution is 2.35.